The van der Waals surface area contributed by atoms with Crippen molar-refractivity contribution in [2.75, 3.05) is 0 Å². The fourth-order valence-corrected chi connectivity index (χ4v) is 11.8. The molecule has 0 bridgehead atoms. The van der Waals surface area contributed by atoms with E-state index in [-0.39, 0.29) is 44.0 Å². The van der Waals surface area contributed by atoms with Crippen molar-refractivity contribution < 1.29 is 21.7 Å². The molecule has 4 rings (SSSR count). The molecule has 2 heteroatoms. The third-order valence-electron chi connectivity index (χ3n) is 8.39. The molecule has 0 N–H and O–H groups in total. The van der Waals surface area contributed by atoms with Crippen LogP contribution in [-0.2, 0) is 21.7 Å². The SMILES string of the molecule is Cc1cc(C)cc([SiH]([c-]2c(C)c(C)c(C)c2C)C2(C3CCCCC3)C=CC=CC2)c1.[CH3-].[CH3-].[CH3-].[Ti+4]. The second-order valence-electron chi connectivity index (χ2n) is 10.2. The Balaban J connectivity index is 0.00000272. The Kier molecular flexibility index (Phi) is 12.9. The molecular weight excluding hydrogens is 460 g/mol. The summed E-state index contributed by atoms with van der Waals surface area (Å²) in [5, 5.41) is 3.73. The van der Waals surface area contributed by atoms with Gasteiger partial charge in [0.25, 0.3) is 0 Å². The Morgan fingerprint density at radius 2 is 1.29 bits per heavy atom. The summed E-state index contributed by atoms with van der Waals surface area (Å²) in [4.78, 5) is 0. The second kappa shape index (κ2) is 13.3. The van der Waals surface area contributed by atoms with E-state index in [1.807, 2.05) is 0 Å². The van der Waals surface area contributed by atoms with Gasteiger partial charge in [-0.3, -0.25) is 0 Å². The van der Waals surface area contributed by atoms with Crippen LogP contribution < -0.4 is 10.4 Å². The minimum absolute atomic E-state index is 0. The molecule has 0 aliphatic heterocycles. The summed E-state index contributed by atoms with van der Waals surface area (Å²) in [5.41, 5.74) is 9.06. The standard InChI is InChI=1S/C29H39Si.3CH3.Ti/c1-20-17-21(2)19-27(18-20)30(28-24(5)22(3)23(4)25(28)6)29(15-11-8-12-16-29)26-13-9-7-10-14-26;;;;/h8,11-12,15,17-19,26,30H,7,9-10,13-14,16H2,1-6H3;3*1H3;/q4*-1;+4. The number of aryl methyl sites for hydroxylation is 2. The van der Waals surface area contributed by atoms with Gasteiger partial charge in [-0.1, -0.05) is 106 Å². The van der Waals surface area contributed by atoms with E-state index in [2.05, 4.69) is 84.0 Å². The van der Waals surface area contributed by atoms with Crippen LogP contribution in [0, 0.1) is 69.7 Å². The molecule has 2 aliphatic rings. The van der Waals surface area contributed by atoms with E-state index in [0.29, 0.717) is 5.04 Å². The summed E-state index contributed by atoms with van der Waals surface area (Å²) in [7, 11) is -1.52. The summed E-state index contributed by atoms with van der Waals surface area (Å²) < 4.78 is 0. The molecule has 2 atom stereocenters. The van der Waals surface area contributed by atoms with Gasteiger partial charge in [0.05, 0.1) is 8.80 Å². The zero-order valence-corrected chi connectivity index (χ0v) is 26.2. The normalized spacial score (nSPS) is 20.4. The van der Waals surface area contributed by atoms with Crippen LogP contribution in [0.1, 0.15) is 71.9 Å². The summed E-state index contributed by atoms with van der Waals surface area (Å²) in [5.74, 6) is 0.819. The van der Waals surface area contributed by atoms with Gasteiger partial charge in [-0.2, -0.15) is 27.4 Å². The maximum atomic E-state index is 2.67. The van der Waals surface area contributed by atoms with Crippen molar-refractivity contribution in [2.45, 2.75) is 85.1 Å². The van der Waals surface area contributed by atoms with Gasteiger partial charge >= 0.3 is 21.7 Å². The van der Waals surface area contributed by atoms with E-state index in [9.17, 15) is 0 Å². The molecule has 2 aliphatic carbocycles. The third-order valence-corrected chi connectivity index (χ3v) is 12.8. The van der Waals surface area contributed by atoms with E-state index < -0.39 is 8.80 Å². The molecule has 1 saturated carbocycles. The zero-order valence-electron chi connectivity index (χ0n) is 23.4. The average Bonchev–Trinajstić information content (AvgIpc) is 2.93. The van der Waals surface area contributed by atoms with Crippen LogP contribution in [0.3, 0.4) is 0 Å². The van der Waals surface area contributed by atoms with Crippen molar-refractivity contribution in [1.29, 1.82) is 0 Å². The van der Waals surface area contributed by atoms with Crippen molar-refractivity contribution >= 4 is 19.2 Å². The van der Waals surface area contributed by atoms with Crippen molar-refractivity contribution in [1.82, 2.24) is 0 Å². The number of hydrogen-bond acceptors (Lipinski definition) is 0. The van der Waals surface area contributed by atoms with E-state index >= 15 is 0 Å². The molecule has 0 radical (unpaired) electrons. The summed E-state index contributed by atoms with van der Waals surface area (Å²) >= 11 is 0. The van der Waals surface area contributed by atoms with Crippen LogP contribution in [0.2, 0.25) is 5.04 Å². The fraction of sp³-hybridized carbons (Fsp3) is 0.438. The van der Waals surface area contributed by atoms with Gasteiger partial charge in [-0.25, -0.2) is 0 Å². The van der Waals surface area contributed by atoms with Crippen LogP contribution in [0.5, 0.6) is 0 Å². The molecule has 0 heterocycles. The second-order valence-corrected chi connectivity index (χ2v) is 13.4. The van der Waals surface area contributed by atoms with Gasteiger partial charge in [0.1, 0.15) is 0 Å². The summed E-state index contributed by atoms with van der Waals surface area (Å²) in [6.45, 7) is 14.1. The van der Waals surface area contributed by atoms with E-state index in [4.69, 9.17) is 0 Å². The molecule has 0 amide bonds. The zero-order chi connectivity index (χ0) is 21.5. The molecule has 0 spiro atoms. The van der Waals surface area contributed by atoms with Crippen LogP contribution in [0.25, 0.3) is 0 Å². The Hall–Kier alpha value is -1.02. The van der Waals surface area contributed by atoms with Gasteiger partial charge in [0, 0.05) is 0 Å². The molecule has 184 valence electrons. The summed E-state index contributed by atoms with van der Waals surface area (Å²) in [6.07, 6.45) is 18.1. The smallest absolute Gasteiger partial charge is 0.358 e. The minimum atomic E-state index is -1.52. The maximum Gasteiger partial charge on any atom is 4.00 e. The number of hydrogen-bond donors (Lipinski definition) is 0. The number of allylic oxidation sites excluding steroid dienone is 4. The minimum Gasteiger partial charge on any atom is -0.358 e. The quantitative estimate of drug-likeness (QED) is 0.292. The van der Waals surface area contributed by atoms with Gasteiger partial charge in [-0.05, 0) is 44.1 Å². The first-order valence-corrected chi connectivity index (χ1v) is 13.7. The first-order chi connectivity index (χ1) is 14.3. The Labute approximate surface area is 229 Å². The van der Waals surface area contributed by atoms with Gasteiger partial charge in [-0.15, -0.1) is 0 Å². The van der Waals surface area contributed by atoms with Crippen molar-refractivity contribution in [3.8, 4) is 0 Å². The molecule has 34 heavy (non-hydrogen) atoms. The predicted molar refractivity (Wildman–Crippen MR) is 155 cm³/mol. The Morgan fingerprint density at radius 3 is 1.76 bits per heavy atom. The van der Waals surface area contributed by atoms with E-state index in [1.54, 1.807) is 21.5 Å². The van der Waals surface area contributed by atoms with E-state index in [0.717, 1.165) is 5.92 Å². The molecule has 0 nitrogen and oxygen atoms in total. The molecule has 0 saturated heterocycles. The molecule has 2 unspecified atom stereocenters. The monoisotopic (exact) mass is 508 g/mol. The van der Waals surface area contributed by atoms with Crippen LogP contribution in [0.4, 0.5) is 0 Å². The molecular formula is C32H48SiTi. The van der Waals surface area contributed by atoms with Gasteiger partial charge < -0.3 is 22.3 Å². The van der Waals surface area contributed by atoms with Crippen LogP contribution in [0.15, 0.2) is 42.5 Å². The fourth-order valence-electron chi connectivity index (χ4n) is 6.65. The Morgan fingerprint density at radius 1 is 0.765 bits per heavy atom. The predicted octanol–water partition coefficient (Wildman–Crippen LogP) is 7.78. The maximum absolute atomic E-state index is 2.67. The molecule has 2 aromatic carbocycles. The van der Waals surface area contributed by atoms with Crippen LogP contribution >= 0.6 is 0 Å². The Bertz CT molecular complexity index is 941. The number of rotatable bonds is 4. The molecule has 1 fully saturated rings. The van der Waals surface area contributed by atoms with Crippen molar-refractivity contribution in [2.24, 2.45) is 5.92 Å². The van der Waals surface area contributed by atoms with E-state index in [1.165, 1.54) is 60.8 Å². The molecule has 2 aromatic rings. The largest absolute Gasteiger partial charge is 4.00 e. The van der Waals surface area contributed by atoms with Crippen LogP contribution in [-0.4, -0.2) is 8.80 Å². The number of benzene rings is 1. The topological polar surface area (TPSA) is 0 Å². The summed E-state index contributed by atoms with van der Waals surface area (Å²) in [6, 6.07) is 7.43. The van der Waals surface area contributed by atoms with Gasteiger partial charge in [0.2, 0.25) is 0 Å². The average molecular weight is 509 g/mol. The molecule has 0 aromatic heterocycles. The van der Waals surface area contributed by atoms with Crippen molar-refractivity contribution in [3.63, 3.8) is 0 Å². The van der Waals surface area contributed by atoms with Gasteiger partial charge in [0.15, 0.2) is 0 Å². The van der Waals surface area contributed by atoms with Crippen molar-refractivity contribution in [3.05, 3.63) is 98.2 Å². The first-order valence-electron chi connectivity index (χ1n) is 12.0. The third kappa shape index (κ3) is 5.85. The first kappa shape index (κ1) is 33.0.